The molecule has 0 radical (unpaired) electrons. The Morgan fingerprint density at radius 3 is 2.52 bits per heavy atom. The molecule has 0 saturated carbocycles. The van der Waals surface area contributed by atoms with Gasteiger partial charge in [-0.25, -0.2) is 0 Å². The molecule has 0 amide bonds. The average molecular weight is 294 g/mol. The van der Waals surface area contributed by atoms with Crippen LogP contribution in [-0.4, -0.2) is 45.4 Å². The monoisotopic (exact) mass is 294 g/mol. The van der Waals surface area contributed by atoms with Crippen LogP contribution in [0.2, 0.25) is 0 Å². The zero-order valence-corrected chi connectivity index (χ0v) is 12.8. The van der Waals surface area contributed by atoms with E-state index in [4.69, 9.17) is 18.9 Å². The van der Waals surface area contributed by atoms with Gasteiger partial charge in [-0.1, -0.05) is 0 Å². The fraction of sp³-hybridized carbons (Fsp3) is 0.562. The summed E-state index contributed by atoms with van der Waals surface area (Å²) in [7, 11) is 3.12. The Kier molecular flexibility index (Phi) is 5.20. The van der Waals surface area contributed by atoms with Gasteiger partial charge >= 0.3 is 0 Å². The largest absolute Gasteiger partial charge is 0.497 e. The lowest BCUT2D eigenvalue weighted by Gasteiger charge is -2.35. The number of carbonyl (C=O) groups is 1. The molecule has 0 aliphatic carbocycles. The summed E-state index contributed by atoms with van der Waals surface area (Å²) in [5, 5.41) is 0. The predicted molar refractivity (Wildman–Crippen MR) is 78.3 cm³/mol. The van der Waals surface area contributed by atoms with E-state index in [-0.39, 0.29) is 5.78 Å². The third-order valence-electron chi connectivity index (χ3n) is 3.79. The molecule has 116 valence electrons. The zero-order valence-electron chi connectivity index (χ0n) is 12.8. The zero-order chi connectivity index (χ0) is 15.3. The molecule has 1 saturated heterocycles. The van der Waals surface area contributed by atoms with Gasteiger partial charge in [0.05, 0.1) is 19.8 Å². The number of ketones is 1. The van der Waals surface area contributed by atoms with Crippen molar-refractivity contribution in [2.75, 3.05) is 34.0 Å². The third kappa shape index (κ3) is 3.19. The lowest BCUT2D eigenvalue weighted by Crippen LogP contribution is -2.46. The van der Waals surface area contributed by atoms with Crippen LogP contribution in [0.3, 0.4) is 0 Å². The van der Waals surface area contributed by atoms with Gasteiger partial charge in [-0.2, -0.15) is 0 Å². The van der Waals surface area contributed by atoms with Crippen LogP contribution in [0.4, 0.5) is 0 Å². The van der Waals surface area contributed by atoms with E-state index in [1.807, 2.05) is 6.92 Å². The Hall–Kier alpha value is -1.59. The van der Waals surface area contributed by atoms with Crippen molar-refractivity contribution in [1.29, 1.82) is 0 Å². The maximum absolute atomic E-state index is 13.0. The third-order valence-corrected chi connectivity index (χ3v) is 3.79. The van der Waals surface area contributed by atoms with E-state index in [1.54, 1.807) is 32.4 Å². The number of hydrogen-bond acceptors (Lipinski definition) is 5. The highest BCUT2D eigenvalue weighted by Crippen LogP contribution is 2.34. The van der Waals surface area contributed by atoms with Crippen molar-refractivity contribution in [2.45, 2.75) is 25.4 Å². The molecule has 1 aromatic carbocycles. The van der Waals surface area contributed by atoms with E-state index in [1.165, 1.54) is 0 Å². The lowest BCUT2D eigenvalue weighted by molar-refractivity contribution is -0.0823. The highest BCUT2D eigenvalue weighted by atomic mass is 16.5. The van der Waals surface area contributed by atoms with E-state index in [9.17, 15) is 4.79 Å². The Morgan fingerprint density at radius 2 is 1.95 bits per heavy atom. The standard InChI is InChI=1S/C16H22O5/c1-4-21-16(7-9-20-10-8-16)15(17)13-6-5-12(18-2)11-14(13)19-3/h5-6,11H,4,7-10H2,1-3H3. The molecule has 1 aromatic rings. The van der Waals surface area contributed by atoms with Gasteiger partial charge in [-0.3, -0.25) is 4.79 Å². The smallest absolute Gasteiger partial charge is 0.198 e. The molecule has 21 heavy (non-hydrogen) atoms. The molecule has 1 heterocycles. The molecule has 0 spiro atoms. The van der Waals surface area contributed by atoms with Gasteiger partial charge in [0.25, 0.3) is 0 Å². The highest BCUT2D eigenvalue weighted by Gasteiger charge is 2.42. The second-order valence-corrected chi connectivity index (χ2v) is 4.94. The summed E-state index contributed by atoms with van der Waals surface area (Å²) < 4.78 is 21.7. The lowest BCUT2D eigenvalue weighted by atomic mass is 9.85. The van der Waals surface area contributed by atoms with Crippen LogP contribution < -0.4 is 9.47 Å². The van der Waals surface area contributed by atoms with Gasteiger partial charge in [0, 0.05) is 38.7 Å². The summed E-state index contributed by atoms with van der Waals surface area (Å²) in [6.45, 7) is 3.45. The van der Waals surface area contributed by atoms with E-state index < -0.39 is 5.60 Å². The maximum Gasteiger partial charge on any atom is 0.198 e. The Bertz CT molecular complexity index is 486. The van der Waals surface area contributed by atoms with E-state index >= 15 is 0 Å². The summed E-state index contributed by atoms with van der Waals surface area (Å²) in [5.74, 6) is 1.11. The van der Waals surface area contributed by atoms with Crippen molar-refractivity contribution in [1.82, 2.24) is 0 Å². The second-order valence-electron chi connectivity index (χ2n) is 4.94. The quantitative estimate of drug-likeness (QED) is 0.754. The van der Waals surface area contributed by atoms with Crippen LogP contribution in [-0.2, 0) is 9.47 Å². The number of ether oxygens (including phenoxy) is 4. The fourth-order valence-corrected chi connectivity index (χ4v) is 2.65. The van der Waals surface area contributed by atoms with Gasteiger partial charge in [0.1, 0.15) is 17.1 Å². The number of benzene rings is 1. The van der Waals surface area contributed by atoms with Gasteiger partial charge in [-0.15, -0.1) is 0 Å². The van der Waals surface area contributed by atoms with Crippen LogP contribution in [0.1, 0.15) is 30.1 Å². The molecule has 2 rings (SSSR count). The van der Waals surface area contributed by atoms with E-state index in [0.717, 1.165) is 0 Å². The van der Waals surface area contributed by atoms with Crippen molar-refractivity contribution in [3.63, 3.8) is 0 Å². The highest BCUT2D eigenvalue weighted by molar-refractivity contribution is 6.04. The molecule has 0 bridgehead atoms. The Balaban J connectivity index is 2.36. The minimum atomic E-state index is -0.811. The van der Waals surface area contributed by atoms with Crippen molar-refractivity contribution in [2.24, 2.45) is 0 Å². The summed E-state index contributed by atoms with van der Waals surface area (Å²) >= 11 is 0. The SMILES string of the molecule is CCOC1(C(=O)c2ccc(OC)cc2OC)CCOCC1. The number of Topliss-reactive ketones (excluding diaryl/α,β-unsaturated/α-hetero) is 1. The number of carbonyl (C=O) groups excluding carboxylic acids is 1. The summed E-state index contributed by atoms with van der Waals surface area (Å²) in [6.07, 6.45) is 1.13. The molecule has 1 fully saturated rings. The normalized spacial score (nSPS) is 17.3. The van der Waals surface area contributed by atoms with Crippen LogP contribution in [0, 0.1) is 0 Å². The molecular formula is C16H22O5. The maximum atomic E-state index is 13.0. The molecular weight excluding hydrogens is 272 g/mol. The molecule has 1 aliphatic rings. The minimum absolute atomic E-state index is 0.0489. The van der Waals surface area contributed by atoms with Crippen molar-refractivity contribution >= 4 is 5.78 Å². The molecule has 0 N–H and O–H groups in total. The van der Waals surface area contributed by atoms with Crippen LogP contribution >= 0.6 is 0 Å². The van der Waals surface area contributed by atoms with Gasteiger partial charge in [-0.05, 0) is 19.1 Å². The molecule has 0 atom stereocenters. The number of methoxy groups -OCH3 is 2. The first-order valence-electron chi connectivity index (χ1n) is 7.15. The molecule has 0 unspecified atom stereocenters. The Labute approximate surface area is 125 Å². The predicted octanol–water partition coefficient (Wildman–Crippen LogP) is 2.47. The van der Waals surface area contributed by atoms with Gasteiger partial charge in [0.15, 0.2) is 5.78 Å². The molecule has 1 aliphatic heterocycles. The first-order chi connectivity index (χ1) is 10.2. The van der Waals surface area contributed by atoms with Crippen LogP contribution in [0.25, 0.3) is 0 Å². The van der Waals surface area contributed by atoms with Gasteiger partial charge in [0.2, 0.25) is 0 Å². The van der Waals surface area contributed by atoms with Crippen molar-refractivity contribution in [3.05, 3.63) is 23.8 Å². The topological polar surface area (TPSA) is 54.0 Å². The van der Waals surface area contributed by atoms with Crippen molar-refractivity contribution < 1.29 is 23.7 Å². The van der Waals surface area contributed by atoms with Crippen LogP contribution in [0.5, 0.6) is 11.5 Å². The number of hydrogen-bond donors (Lipinski definition) is 0. The first kappa shape index (κ1) is 15.8. The minimum Gasteiger partial charge on any atom is -0.497 e. The second kappa shape index (κ2) is 6.91. The first-order valence-corrected chi connectivity index (χ1v) is 7.15. The molecule has 5 heteroatoms. The molecule has 0 aromatic heterocycles. The fourth-order valence-electron chi connectivity index (χ4n) is 2.65. The summed E-state index contributed by atoms with van der Waals surface area (Å²) in [4.78, 5) is 13.0. The average Bonchev–Trinajstić information content (AvgIpc) is 2.54. The number of rotatable bonds is 6. The van der Waals surface area contributed by atoms with Gasteiger partial charge < -0.3 is 18.9 Å². The van der Waals surface area contributed by atoms with E-state index in [2.05, 4.69) is 0 Å². The molecule has 5 nitrogen and oxygen atoms in total. The summed E-state index contributed by atoms with van der Waals surface area (Å²) in [5.41, 5.74) is -0.289. The van der Waals surface area contributed by atoms with Crippen LogP contribution in [0.15, 0.2) is 18.2 Å². The van der Waals surface area contributed by atoms with E-state index in [0.29, 0.717) is 49.7 Å². The summed E-state index contributed by atoms with van der Waals surface area (Å²) in [6, 6.07) is 5.21. The Morgan fingerprint density at radius 1 is 1.24 bits per heavy atom. The van der Waals surface area contributed by atoms with Crippen molar-refractivity contribution in [3.8, 4) is 11.5 Å².